The Balaban J connectivity index is 1.73. The lowest BCUT2D eigenvalue weighted by Gasteiger charge is -2.33. The highest BCUT2D eigenvalue weighted by atomic mass is 16.5. The van der Waals surface area contributed by atoms with E-state index in [0.29, 0.717) is 11.8 Å². The summed E-state index contributed by atoms with van der Waals surface area (Å²) >= 11 is 0. The summed E-state index contributed by atoms with van der Waals surface area (Å²) < 4.78 is 5.81. The van der Waals surface area contributed by atoms with E-state index in [2.05, 4.69) is 6.92 Å². The lowest BCUT2D eigenvalue weighted by atomic mass is 9.96. The third kappa shape index (κ3) is 3.99. The van der Waals surface area contributed by atoms with Crippen LogP contribution in [0.1, 0.15) is 33.1 Å². The molecule has 0 aliphatic carbocycles. The van der Waals surface area contributed by atoms with Crippen molar-refractivity contribution in [3.8, 4) is 5.75 Å². The van der Waals surface area contributed by atoms with E-state index in [4.69, 9.17) is 4.74 Å². The summed E-state index contributed by atoms with van der Waals surface area (Å²) in [5.41, 5.74) is 0. The van der Waals surface area contributed by atoms with Gasteiger partial charge in [0.15, 0.2) is 0 Å². The first-order valence-electron chi connectivity index (χ1n) is 7.67. The molecule has 1 saturated heterocycles. The van der Waals surface area contributed by atoms with Gasteiger partial charge in [0.1, 0.15) is 5.75 Å². The number of para-hydroxylation sites is 1. The van der Waals surface area contributed by atoms with Crippen LogP contribution in [0, 0.1) is 11.8 Å². The molecule has 20 heavy (non-hydrogen) atoms. The van der Waals surface area contributed by atoms with Crippen LogP contribution in [-0.4, -0.2) is 30.5 Å². The van der Waals surface area contributed by atoms with E-state index in [1.807, 2.05) is 42.2 Å². The number of benzene rings is 1. The maximum absolute atomic E-state index is 12.1. The lowest BCUT2D eigenvalue weighted by Crippen LogP contribution is -2.42. The first-order chi connectivity index (χ1) is 9.70. The molecular formula is C17H25NO2. The van der Waals surface area contributed by atoms with E-state index >= 15 is 0 Å². The minimum atomic E-state index is 0.159. The Kier molecular flexibility index (Phi) is 5.45. The average Bonchev–Trinajstić information content (AvgIpc) is 2.53. The maximum atomic E-state index is 12.1. The highest BCUT2D eigenvalue weighted by Crippen LogP contribution is 2.21. The van der Waals surface area contributed by atoms with Crippen molar-refractivity contribution >= 4 is 5.91 Å². The topological polar surface area (TPSA) is 29.5 Å². The van der Waals surface area contributed by atoms with E-state index in [-0.39, 0.29) is 5.92 Å². The minimum Gasteiger partial charge on any atom is -0.493 e. The molecule has 3 heteroatoms. The van der Waals surface area contributed by atoms with Gasteiger partial charge < -0.3 is 9.64 Å². The molecule has 110 valence electrons. The van der Waals surface area contributed by atoms with Crippen LogP contribution in [-0.2, 0) is 4.79 Å². The second kappa shape index (κ2) is 7.32. The Hall–Kier alpha value is -1.51. The molecule has 0 N–H and O–H groups in total. The van der Waals surface area contributed by atoms with Gasteiger partial charge in [-0.15, -0.1) is 0 Å². The van der Waals surface area contributed by atoms with Crippen LogP contribution in [0.15, 0.2) is 30.3 Å². The lowest BCUT2D eigenvalue weighted by molar-refractivity contribution is -0.136. The molecule has 1 aliphatic rings. The van der Waals surface area contributed by atoms with Gasteiger partial charge in [0.05, 0.1) is 6.61 Å². The molecule has 1 aromatic carbocycles. The Labute approximate surface area is 121 Å². The number of hydrogen-bond acceptors (Lipinski definition) is 2. The minimum absolute atomic E-state index is 0.159. The molecule has 1 unspecified atom stereocenters. The summed E-state index contributed by atoms with van der Waals surface area (Å²) in [6.07, 6.45) is 3.03. The summed E-state index contributed by atoms with van der Waals surface area (Å²) in [6, 6.07) is 9.94. The number of piperidine rings is 1. The molecule has 1 amide bonds. The van der Waals surface area contributed by atoms with Crippen LogP contribution in [0.3, 0.4) is 0 Å². The van der Waals surface area contributed by atoms with Crippen molar-refractivity contribution in [3.05, 3.63) is 30.3 Å². The monoisotopic (exact) mass is 275 g/mol. The number of likely N-dealkylation sites (tertiary alicyclic amines) is 1. The van der Waals surface area contributed by atoms with Crippen LogP contribution < -0.4 is 4.74 Å². The van der Waals surface area contributed by atoms with Gasteiger partial charge in [0, 0.05) is 19.0 Å². The molecule has 1 aromatic rings. The maximum Gasteiger partial charge on any atom is 0.225 e. The zero-order chi connectivity index (χ0) is 14.4. The summed E-state index contributed by atoms with van der Waals surface area (Å²) in [6.45, 7) is 6.61. The molecule has 2 rings (SSSR count). The predicted octanol–water partition coefficient (Wildman–Crippen LogP) is 3.35. The van der Waals surface area contributed by atoms with E-state index < -0.39 is 0 Å². The summed E-state index contributed by atoms with van der Waals surface area (Å²) in [4.78, 5) is 14.1. The van der Waals surface area contributed by atoms with Crippen molar-refractivity contribution in [1.82, 2.24) is 4.90 Å². The number of nitrogens with zero attached hydrogens (tertiary/aromatic N) is 1. The zero-order valence-electron chi connectivity index (χ0n) is 12.5. The van der Waals surface area contributed by atoms with E-state index in [1.165, 1.54) is 0 Å². The molecule has 1 heterocycles. The van der Waals surface area contributed by atoms with Crippen molar-refractivity contribution in [2.24, 2.45) is 11.8 Å². The average molecular weight is 275 g/mol. The van der Waals surface area contributed by atoms with Gasteiger partial charge in [0.25, 0.3) is 0 Å². The van der Waals surface area contributed by atoms with E-state index in [9.17, 15) is 4.79 Å². The molecule has 3 nitrogen and oxygen atoms in total. The Morgan fingerprint density at radius 1 is 1.30 bits per heavy atom. The molecule has 0 saturated carbocycles. The number of ether oxygens (including phenoxy) is 1. The van der Waals surface area contributed by atoms with Crippen LogP contribution >= 0.6 is 0 Å². The zero-order valence-corrected chi connectivity index (χ0v) is 12.5. The predicted molar refractivity (Wildman–Crippen MR) is 80.7 cm³/mol. The normalized spacial score (nSPS) is 17.8. The van der Waals surface area contributed by atoms with Crippen LogP contribution in [0.25, 0.3) is 0 Å². The van der Waals surface area contributed by atoms with Gasteiger partial charge in [-0.1, -0.05) is 32.0 Å². The number of rotatable bonds is 5. The molecule has 0 radical (unpaired) electrons. The fourth-order valence-corrected chi connectivity index (χ4v) is 2.54. The standard InChI is InChI=1S/C17H25NO2/c1-3-14(2)17(19)18-11-9-15(10-12-18)13-20-16-7-5-4-6-8-16/h4-8,14-15H,3,9-13H2,1-2H3. The van der Waals surface area contributed by atoms with Crippen molar-refractivity contribution in [2.45, 2.75) is 33.1 Å². The fraction of sp³-hybridized carbons (Fsp3) is 0.588. The second-order valence-corrected chi connectivity index (χ2v) is 5.70. The Morgan fingerprint density at radius 3 is 2.55 bits per heavy atom. The summed E-state index contributed by atoms with van der Waals surface area (Å²) in [5.74, 6) is 1.98. The smallest absolute Gasteiger partial charge is 0.225 e. The van der Waals surface area contributed by atoms with Crippen molar-refractivity contribution in [3.63, 3.8) is 0 Å². The number of hydrogen-bond donors (Lipinski definition) is 0. The highest BCUT2D eigenvalue weighted by Gasteiger charge is 2.25. The van der Waals surface area contributed by atoms with Gasteiger partial charge in [-0.2, -0.15) is 0 Å². The molecule has 0 aromatic heterocycles. The molecule has 0 bridgehead atoms. The molecular weight excluding hydrogens is 250 g/mol. The molecule has 1 aliphatic heterocycles. The number of carbonyl (C=O) groups excluding carboxylic acids is 1. The van der Waals surface area contributed by atoms with Gasteiger partial charge in [-0.05, 0) is 37.3 Å². The van der Waals surface area contributed by atoms with Crippen LogP contribution in [0.5, 0.6) is 5.75 Å². The highest BCUT2D eigenvalue weighted by molar-refractivity contribution is 5.78. The largest absolute Gasteiger partial charge is 0.493 e. The number of carbonyl (C=O) groups is 1. The van der Waals surface area contributed by atoms with Crippen LogP contribution in [0.2, 0.25) is 0 Å². The Morgan fingerprint density at radius 2 is 1.95 bits per heavy atom. The van der Waals surface area contributed by atoms with Crippen molar-refractivity contribution in [1.29, 1.82) is 0 Å². The van der Waals surface area contributed by atoms with Gasteiger partial charge in [0.2, 0.25) is 5.91 Å². The quantitative estimate of drug-likeness (QED) is 0.824. The van der Waals surface area contributed by atoms with Crippen molar-refractivity contribution < 1.29 is 9.53 Å². The number of amides is 1. The molecule has 0 spiro atoms. The third-order valence-corrected chi connectivity index (χ3v) is 4.19. The van der Waals surface area contributed by atoms with E-state index in [1.54, 1.807) is 0 Å². The first-order valence-corrected chi connectivity index (χ1v) is 7.67. The molecule has 1 fully saturated rings. The fourth-order valence-electron chi connectivity index (χ4n) is 2.54. The molecule has 1 atom stereocenters. The Bertz CT molecular complexity index is 410. The first kappa shape index (κ1) is 14.9. The van der Waals surface area contributed by atoms with Gasteiger partial charge in [-0.3, -0.25) is 4.79 Å². The van der Waals surface area contributed by atoms with E-state index in [0.717, 1.165) is 44.7 Å². The van der Waals surface area contributed by atoms with Gasteiger partial charge >= 0.3 is 0 Å². The van der Waals surface area contributed by atoms with Crippen LogP contribution in [0.4, 0.5) is 0 Å². The SMILES string of the molecule is CCC(C)C(=O)N1CCC(COc2ccccc2)CC1. The summed E-state index contributed by atoms with van der Waals surface area (Å²) in [5, 5.41) is 0. The second-order valence-electron chi connectivity index (χ2n) is 5.70. The summed E-state index contributed by atoms with van der Waals surface area (Å²) in [7, 11) is 0. The van der Waals surface area contributed by atoms with Gasteiger partial charge in [-0.25, -0.2) is 0 Å². The third-order valence-electron chi connectivity index (χ3n) is 4.19. The van der Waals surface area contributed by atoms with Crippen molar-refractivity contribution in [2.75, 3.05) is 19.7 Å².